The Morgan fingerprint density at radius 2 is 2.09 bits per heavy atom. The third kappa shape index (κ3) is 3.94. The molecule has 1 N–H and O–H groups in total. The quantitative estimate of drug-likeness (QED) is 0.922. The average Bonchev–Trinajstić information content (AvgIpc) is 3.10. The number of benzene rings is 1. The highest BCUT2D eigenvalue weighted by Gasteiger charge is 2.25. The van der Waals surface area contributed by atoms with E-state index in [0.717, 1.165) is 11.3 Å². The minimum absolute atomic E-state index is 0.0413. The van der Waals surface area contributed by atoms with Crippen LogP contribution in [0.5, 0.6) is 0 Å². The highest BCUT2D eigenvalue weighted by atomic mass is 32.1. The zero-order valence-corrected chi connectivity index (χ0v) is 13.1. The Morgan fingerprint density at radius 1 is 1.23 bits per heavy atom. The van der Waals surface area contributed by atoms with E-state index in [9.17, 15) is 4.79 Å². The molecule has 116 valence electrons. The topological polar surface area (TPSA) is 47.6 Å². The molecule has 1 aliphatic heterocycles. The molecular formula is C17H19NO3S. The maximum absolute atomic E-state index is 12.4. The second-order valence-corrected chi connectivity index (χ2v) is 6.18. The summed E-state index contributed by atoms with van der Waals surface area (Å²) in [5.41, 5.74) is 1.20. The van der Waals surface area contributed by atoms with Crippen molar-refractivity contribution in [1.82, 2.24) is 5.32 Å². The fourth-order valence-corrected chi connectivity index (χ4v) is 3.24. The first-order valence-electron chi connectivity index (χ1n) is 7.40. The molecule has 0 radical (unpaired) electrons. The lowest BCUT2D eigenvalue weighted by molar-refractivity contribution is -0.148. The van der Waals surface area contributed by atoms with Gasteiger partial charge in [-0.3, -0.25) is 4.79 Å². The Balaban J connectivity index is 1.70. The minimum atomic E-state index is -0.507. The fourth-order valence-electron chi connectivity index (χ4n) is 2.47. The van der Waals surface area contributed by atoms with Crippen molar-refractivity contribution in [2.24, 2.45) is 0 Å². The molecule has 0 spiro atoms. The van der Waals surface area contributed by atoms with Gasteiger partial charge in [0, 0.05) is 4.88 Å². The van der Waals surface area contributed by atoms with Crippen LogP contribution in [0.1, 0.15) is 16.5 Å². The third-order valence-corrected chi connectivity index (χ3v) is 4.58. The van der Waals surface area contributed by atoms with E-state index in [1.807, 2.05) is 29.6 Å². The zero-order valence-electron chi connectivity index (χ0n) is 12.2. The Morgan fingerprint density at radius 3 is 2.77 bits per heavy atom. The molecule has 1 aliphatic rings. The Bertz CT molecular complexity index is 579. The number of carbonyl (C=O) groups is 1. The van der Waals surface area contributed by atoms with Gasteiger partial charge in [-0.2, -0.15) is 0 Å². The summed E-state index contributed by atoms with van der Waals surface area (Å²) < 4.78 is 10.8. The number of hydrogen-bond acceptors (Lipinski definition) is 4. The van der Waals surface area contributed by atoms with Crippen LogP contribution in [0.3, 0.4) is 0 Å². The molecule has 2 atom stereocenters. The highest BCUT2D eigenvalue weighted by molar-refractivity contribution is 7.10. The van der Waals surface area contributed by atoms with Crippen molar-refractivity contribution in [3.05, 3.63) is 58.3 Å². The SMILES string of the molecule is O=C(N[C@@H](Cc1ccccc1)c1cccs1)[C@@H]1COCCO1. The van der Waals surface area contributed by atoms with Crippen LogP contribution in [-0.2, 0) is 20.7 Å². The Hall–Kier alpha value is -1.69. The van der Waals surface area contributed by atoms with Gasteiger partial charge in [0.05, 0.1) is 25.9 Å². The van der Waals surface area contributed by atoms with Gasteiger partial charge < -0.3 is 14.8 Å². The van der Waals surface area contributed by atoms with E-state index in [4.69, 9.17) is 9.47 Å². The van der Waals surface area contributed by atoms with Gasteiger partial charge in [0.25, 0.3) is 5.91 Å². The van der Waals surface area contributed by atoms with Crippen LogP contribution in [0, 0.1) is 0 Å². The predicted molar refractivity (Wildman–Crippen MR) is 85.9 cm³/mol. The number of thiophene rings is 1. The number of amides is 1. The van der Waals surface area contributed by atoms with E-state index in [-0.39, 0.29) is 11.9 Å². The maximum Gasteiger partial charge on any atom is 0.252 e. The number of ether oxygens (including phenoxy) is 2. The lowest BCUT2D eigenvalue weighted by Gasteiger charge is -2.25. The first-order valence-corrected chi connectivity index (χ1v) is 8.28. The second kappa shape index (κ2) is 7.54. The third-order valence-electron chi connectivity index (χ3n) is 3.59. The van der Waals surface area contributed by atoms with E-state index in [0.29, 0.717) is 19.8 Å². The molecule has 1 aromatic heterocycles. The van der Waals surface area contributed by atoms with Crippen molar-refractivity contribution in [2.75, 3.05) is 19.8 Å². The molecule has 2 aromatic rings. The standard InChI is InChI=1S/C17H19NO3S/c19-17(15-12-20-8-9-21-15)18-14(16-7-4-10-22-16)11-13-5-2-1-3-6-13/h1-7,10,14-15H,8-9,11-12H2,(H,18,19)/t14-,15-/m0/s1. The maximum atomic E-state index is 12.4. The first kappa shape index (κ1) is 15.2. The van der Waals surface area contributed by atoms with Crippen molar-refractivity contribution in [1.29, 1.82) is 0 Å². The predicted octanol–water partition coefficient (Wildman–Crippen LogP) is 2.56. The van der Waals surface area contributed by atoms with Crippen LogP contribution in [-0.4, -0.2) is 31.8 Å². The molecule has 0 unspecified atom stereocenters. The number of carbonyl (C=O) groups excluding carboxylic acids is 1. The summed E-state index contributed by atoms with van der Waals surface area (Å²) in [5.74, 6) is -0.103. The second-order valence-electron chi connectivity index (χ2n) is 5.20. The Kier molecular flexibility index (Phi) is 5.21. The lowest BCUT2D eigenvalue weighted by Crippen LogP contribution is -2.44. The number of hydrogen-bond donors (Lipinski definition) is 1. The van der Waals surface area contributed by atoms with Gasteiger partial charge in [-0.25, -0.2) is 0 Å². The molecule has 0 aliphatic carbocycles. The summed E-state index contributed by atoms with van der Waals surface area (Å²) in [4.78, 5) is 13.5. The summed E-state index contributed by atoms with van der Waals surface area (Å²) in [5, 5.41) is 5.13. The molecule has 4 nitrogen and oxygen atoms in total. The number of nitrogens with one attached hydrogen (secondary N) is 1. The molecule has 22 heavy (non-hydrogen) atoms. The average molecular weight is 317 g/mol. The highest BCUT2D eigenvalue weighted by Crippen LogP contribution is 2.23. The van der Waals surface area contributed by atoms with Crippen LogP contribution in [0.25, 0.3) is 0 Å². The van der Waals surface area contributed by atoms with Crippen molar-refractivity contribution in [3.8, 4) is 0 Å². The molecule has 1 fully saturated rings. The molecule has 0 saturated carbocycles. The van der Waals surface area contributed by atoms with E-state index >= 15 is 0 Å². The van der Waals surface area contributed by atoms with Gasteiger partial charge in [-0.15, -0.1) is 11.3 Å². The molecule has 1 amide bonds. The van der Waals surface area contributed by atoms with Gasteiger partial charge in [0.1, 0.15) is 0 Å². The summed E-state index contributed by atoms with van der Waals surface area (Å²) in [6.45, 7) is 1.36. The molecule has 0 bridgehead atoms. The van der Waals surface area contributed by atoms with Crippen molar-refractivity contribution in [3.63, 3.8) is 0 Å². The van der Waals surface area contributed by atoms with Crippen molar-refractivity contribution >= 4 is 17.2 Å². The molecular weight excluding hydrogens is 298 g/mol. The van der Waals surface area contributed by atoms with Gasteiger partial charge in [-0.1, -0.05) is 36.4 Å². The van der Waals surface area contributed by atoms with Crippen LogP contribution < -0.4 is 5.32 Å². The van der Waals surface area contributed by atoms with Crippen molar-refractivity contribution in [2.45, 2.75) is 18.6 Å². The van der Waals surface area contributed by atoms with Gasteiger partial charge in [-0.05, 0) is 23.4 Å². The summed E-state index contributed by atoms with van der Waals surface area (Å²) >= 11 is 1.65. The minimum Gasteiger partial charge on any atom is -0.376 e. The van der Waals surface area contributed by atoms with E-state index in [1.165, 1.54) is 5.56 Å². The molecule has 2 heterocycles. The largest absolute Gasteiger partial charge is 0.376 e. The van der Waals surface area contributed by atoms with Gasteiger partial charge >= 0.3 is 0 Å². The summed E-state index contributed by atoms with van der Waals surface area (Å²) in [6.07, 6.45) is 0.257. The van der Waals surface area contributed by atoms with E-state index in [2.05, 4.69) is 23.5 Å². The van der Waals surface area contributed by atoms with E-state index < -0.39 is 6.10 Å². The van der Waals surface area contributed by atoms with Crippen LogP contribution in [0.4, 0.5) is 0 Å². The van der Waals surface area contributed by atoms with Crippen molar-refractivity contribution < 1.29 is 14.3 Å². The summed E-state index contributed by atoms with van der Waals surface area (Å²) in [7, 11) is 0. The first-order chi connectivity index (χ1) is 10.8. The summed E-state index contributed by atoms with van der Waals surface area (Å²) in [6, 6.07) is 14.2. The molecule has 1 aromatic carbocycles. The Labute approximate surface area is 134 Å². The normalized spacial score (nSPS) is 19.5. The van der Waals surface area contributed by atoms with Crippen LogP contribution >= 0.6 is 11.3 Å². The van der Waals surface area contributed by atoms with Crippen LogP contribution in [0.15, 0.2) is 47.8 Å². The smallest absolute Gasteiger partial charge is 0.252 e. The van der Waals surface area contributed by atoms with Gasteiger partial charge in [0.15, 0.2) is 6.10 Å². The van der Waals surface area contributed by atoms with Gasteiger partial charge in [0.2, 0.25) is 0 Å². The molecule has 5 heteroatoms. The molecule has 1 saturated heterocycles. The molecule has 3 rings (SSSR count). The fraction of sp³-hybridized carbons (Fsp3) is 0.353. The zero-order chi connectivity index (χ0) is 15.2. The monoisotopic (exact) mass is 317 g/mol. The lowest BCUT2D eigenvalue weighted by atomic mass is 10.0. The van der Waals surface area contributed by atoms with E-state index in [1.54, 1.807) is 11.3 Å². The van der Waals surface area contributed by atoms with Crippen LogP contribution in [0.2, 0.25) is 0 Å². The number of rotatable bonds is 5.